The molecule has 1 saturated heterocycles. The van der Waals surface area contributed by atoms with Gasteiger partial charge in [0.1, 0.15) is 5.82 Å². The molecule has 1 aromatic heterocycles. The fourth-order valence-electron chi connectivity index (χ4n) is 3.07. The first-order valence-corrected chi connectivity index (χ1v) is 9.80. The van der Waals surface area contributed by atoms with Gasteiger partial charge < -0.3 is 4.57 Å². The van der Waals surface area contributed by atoms with E-state index in [9.17, 15) is 8.42 Å². The summed E-state index contributed by atoms with van der Waals surface area (Å²) < 4.78 is 26.9. The van der Waals surface area contributed by atoms with Crippen molar-refractivity contribution >= 4 is 48.4 Å². The molecular weight excluding hydrogens is 376 g/mol. The summed E-state index contributed by atoms with van der Waals surface area (Å²) in [6.45, 7) is 3.84. The van der Waals surface area contributed by atoms with Crippen molar-refractivity contribution in [2.45, 2.75) is 31.2 Å². The number of aromatic nitrogens is 2. The maximum absolute atomic E-state index is 11.9. The molecule has 0 N–H and O–H groups in total. The van der Waals surface area contributed by atoms with Gasteiger partial charge in [0.05, 0.1) is 33.5 Å². The van der Waals surface area contributed by atoms with Gasteiger partial charge in [-0.3, -0.25) is 0 Å². The van der Waals surface area contributed by atoms with Gasteiger partial charge in [-0.15, -0.1) is 11.6 Å². The third-order valence-electron chi connectivity index (χ3n) is 4.02. The van der Waals surface area contributed by atoms with Gasteiger partial charge in [-0.1, -0.05) is 15.9 Å². The maximum atomic E-state index is 11.9. The van der Waals surface area contributed by atoms with Gasteiger partial charge >= 0.3 is 0 Å². The minimum atomic E-state index is -3.00. The molecule has 21 heavy (non-hydrogen) atoms. The van der Waals surface area contributed by atoms with Gasteiger partial charge in [-0.05, 0) is 38.5 Å². The van der Waals surface area contributed by atoms with E-state index >= 15 is 0 Å². The van der Waals surface area contributed by atoms with Crippen LogP contribution in [0.5, 0.6) is 0 Å². The quantitative estimate of drug-likeness (QED) is 0.735. The lowest BCUT2D eigenvalue weighted by Gasteiger charge is -2.28. The molecule has 1 aromatic carbocycles. The average molecular weight is 392 g/mol. The van der Waals surface area contributed by atoms with Crippen LogP contribution in [-0.2, 0) is 15.4 Å². The molecule has 0 radical (unpaired) electrons. The molecular formula is C14H16BrClN2O2S. The van der Waals surface area contributed by atoms with Crippen LogP contribution in [0, 0.1) is 0 Å². The minimum Gasteiger partial charge on any atom is -0.320 e. The standard InChI is InChI=1S/C14H16BrClN2O2S/c1-9(16)13-17-11-4-3-10(15)7-12(11)18(13)14(2)5-6-21(19,20)8-14/h3-4,7,9H,5-6,8H2,1-2H3. The van der Waals surface area contributed by atoms with Crippen LogP contribution in [0.4, 0.5) is 0 Å². The van der Waals surface area contributed by atoms with E-state index in [1.165, 1.54) is 0 Å². The number of imidazole rings is 1. The summed E-state index contributed by atoms with van der Waals surface area (Å²) in [5.74, 6) is 1.08. The summed E-state index contributed by atoms with van der Waals surface area (Å²) in [5, 5.41) is -0.281. The molecule has 0 spiro atoms. The Morgan fingerprint density at radius 1 is 1.48 bits per heavy atom. The zero-order valence-corrected chi connectivity index (χ0v) is 15.0. The van der Waals surface area contributed by atoms with Crippen molar-refractivity contribution in [1.29, 1.82) is 0 Å². The van der Waals surface area contributed by atoms with Crippen LogP contribution in [0.25, 0.3) is 11.0 Å². The summed E-state index contributed by atoms with van der Waals surface area (Å²) in [6, 6.07) is 5.82. The monoisotopic (exact) mass is 390 g/mol. The van der Waals surface area contributed by atoms with Crippen LogP contribution in [0.3, 0.4) is 0 Å². The Hall–Kier alpha value is -0.590. The van der Waals surface area contributed by atoms with Crippen LogP contribution in [0.1, 0.15) is 31.5 Å². The Bertz CT molecular complexity index is 816. The first-order valence-electron chi connectivity index (χ1n) is 6.75. The average Bonchev–Trinajstić information content (AvgIpc) is 2.87. The summed E-state index contributed by atoms with van der Waals surface area (Å²) in [6.07, 6.45) is 0.587. The first kappa shape index (κ1) is 15.3. The van der Waals surface area contributed by atoms with E-state index in [1.807, 2.05) is 36.6 Å². The van der Waals surface area contributed by atoms with Crippen molar-refractivity contribution in [3.05, 3.63) is 28.5 Å². The predicted molar refractivity (Wildman–Crippen MR) is 88.6 cm³/mol. The largest absolute Gasteiger partial charge is 0.320 e. The van der Waals surface area contributed by atoms with Crippen LogP contribution in [0.2, 0.25) is 0 Å². The van der Waals surface area contributed by atoms with Gasteiger partial charge in [-0.25, -0.2) is 13.4 Å². The van der Waals surface area contributed by atoms with E-state index in [-0.39, 0.29) is 16.9 Å². The van der Waals surface area contributed by atoms with Crippen molar-refractivity contribution in [3.63, 3.8) is 0 Å². The highest BCUT2D eigenvalue weighted by molar-refractivity contribution is 9.10. The third-order valence-corrected chi connectivity index (χ3v) is 6.60. The Kier molecular flexibility index (Phi) is 3.62. The number of hydrogen-bond acceptors (Lipinski definition) is 3. The second kappa shape index (κ2) is 4.96. The zero-order valence-electron chi connectivity index (χ0n) is 11.8. The van der Waals surface area contributed by atoms with Crippen LogP contribution in [-0.4, -0.2) is 29.5 Å². The molecule has 1 aliphatic rings. The normalized spacial score (nSPS) is 26.3. The molecule has 0 bridgehead atoms. The van der Waals surface area contributed by atoms with Crippen molar-refractivity contribution in [1.82, 2.24) is 9.55 Å². The van der Waals surface area contributed by atoms with E-state index in [2.05, 4.69) is 20.9 Å². The number of rotatable bonds is 2. The second-order valence-corrected chi connectivity index (χ2v) is 9.65. The van der Waals surface area contributed by atoms with Gasteiger partial charge in [0.15, 0.2) is 9.84 Å². The van der Waals surface area contributed by atoms with Gasteiger partial charge in [0, 0.05) is 4.47 Å². The van der Waals surface area contributed by atoms with E-state index < -0.39 is 15.4 Å². The van der Waals surface area contributed by atoms with Gasteiger partial charge in [0.2, 0.25) is 0 Å². The van der Waals surface area contributed by atoms with Crippen molar-refractivity contribution in [2.24, 2.45) is 0 Å². The maximum Gasteiger partial charge on any atom is 0.152 e. The lowest BCUT2D eigenvalue weighted by Crippen LogP contribution is -2.33. The molecule has 0 saturated carbocycles. The molecule has 3 rings (SSSR count). The van der Waals surface area contributed by atoms with Crippen molar-refractivity contribution in [3.8, 4) is 0 Å². The molecule has 2 unspecified atom stereocenters. The number of fused-ring (bicyclic) bond motifs is 1. The summed E-state index contributed by atoms with van der Waals surface area (Å²) in [4.78, 5) is 4.61. The van der Waals surface area contributed by atoms with Crippen LogP contribution >= 0.6 is 27.5 Å². The summed E-state index contributed by atoms with van der Waals surface area (Å²) in [5.41, 5.74) is 1.27. The molecule has 0 aliphatic carbocycles. The molecule has 1 fully saturated rings. The Balaban J connectivity index is 2.29. The molecule has 114 valence electrons. The van der Waals surface area contributed by atoms with E-state index in [0.29, 0.717) is 6.42 Å². The van der Waals surface area contributed by atoms with E-state index in [4.69, 9.17) is 11.6 Å². The lowest BCUT2D eigenvalue weighted by atomic mass is 10.0. The number of hydrogen-bond donors (Lipinski definition) is 0. The van der Waals surface area contributed by atoms with Gasteiger partial charge in [0.25, 0.3) is 0 Å². The predicted octanol–water partition coefficient (Wildman–Crippen LogP) is 3.63. The zero-order chi connectivity index (χ0) is 15.4. The molecule has 4 nitrogen and oxygen atoms in total. The fourth-order valence-corrected chi connectivity index (χ4v) is 5.68. The SMILES string of the molecule is CC(Cl)c1nc2ccc(Br)cc2n1C1(C)CCS(=O)(=O)C1. The number of nitrogens with zero attached hydrogens (tertiary/aromatic N) is 2. The third kappa shape index (κ3) is 2.62. The minimum absolute atomic E-state index is 0.134. The van der Waals surface area contributed by atoms with Crippen molar-refractivity contribution in [2.75, 3.05) is 11.5 Å². The Labute approximate surface area is 137 Å². The second-order valence-electron chi connectivity index (χ2n) is 5.89. The lowest BCUT2D eigenvalue weighted by molar-refractivity contribution is 0.363. The molecule has 0 amide bonds. The number of benzene rings is 1. The Morgan fingerprint density at radius 2 is 2.19 bits per heavy atom. The Morgan fingerprint density at radius 3 is 2.76 bits per heavy atom. The molecule has 1 aliphatic heterocycles. The molecule has 7 heteroatoms. The van der Waals surface area contributed by atoms with Gasteiger partial charge in [-0.2, -0.15) is 0 Å². The van der Waals surface area contributed by atoms with E-state index in [1.54, 1.807) is 0 Å². The van der Waals surface area contributed by atoms with Crippen LogP contribution < -0.4 is 0 Å². The van der Waals surface area contributed by atoms with Crippen molar-refractivity contribution < 1.29 is 8.42 Å². The number of alkyl halides is 1. The first-order chi connectivity index (χ1) is 9.72. The van der Waals surface area contributed by atoms with Crippen LogP contribution in [0.15, 0.2) is 22.7 Å². The van der Waals surface area contributed by atoms with E-state index in [0.717, 1.165) is 21.3 Å². The summed E-state index contributed by atoms with van der Waals surface area (Å²) >= 11 is 9.76. The fraction of sp³-hybridized carbons (Fsp3) is 0.500. The molecule has 2 heterocycles. The topological polar surface area (TPSA) is 52.0 Å². The molecule has 2 aromatic rings. The highest BCUT2D eigenvalue weighted by Crippen LogP contribution is 2.38. The number of halogens is 2. The highest BCUT2D eigenvalue weighted by atomic mass is 79.9. The number of sulfone groups is 1. The smallest absolute Gasteiger partial charge is 0.152 e. The highest BCUT2D eigenvalue weighted by Gasteiger charge is 2.42. The summed E-state index contributed by atoms with van der Waals surface area (Å²) in [7, 11) is -3.00. The molecule has 2 atom stereocenters.